The zero-order chi connectivity index (χ0) is 13.1. The zero-order valence-corrected chi connectivity index (χ0v) is 12.8. The molecule has 3 unspecified atom stereocenters. The molecule has 2 aliphatic heterocycles. The Morgan fingerprint density at radius 2 is 1.72 bits per heavy atom. The van der Waals surface area contributed by atoms with Crippen LogP contribution < -0.4 is 5.32 Å². The summed E-state index contributed by atoms with van der Waals surface area (Å²) in [5, 5.41) is 3.75. The van der Waals surface area contributed by atoms with Crippen molar-refractivity contribution >= 4 is 0 Å². The van der Waals surface area contributed by atoms with Gasteiger partial charge >= 0.3 is 0 Å². The number of piperidine rings is 1. The molecule has 2 rings (SSSR count). The van der Waals surface area contributed by atoms with E-state index in [4.69, 9.17) is 0 Å². The Balaban J connectivity index is 1.97. The summed E-state index contributed by atoms with van der Waals surface area (Å²) in [6.07, 6.45) is 8.24. The van der Waals surface area contributed by atoms with E-state index in [9.17, 15) is 0 Å². The van der Waals surface area contributed by atoms with Crippen molar-refractivity contribution in [3.8, 4) is 0 Å². The first-order valence-electron chi connectivity index (χ1n) is 8.18. The Hall–Kier alpha value is -0.0800. The van der Waals surface area contributed by atoms with E-state index >= 15 is 0 Å². The molecule has 2 saturated heterocycles. The molecule has 0 spiro atoms. The minimum Gasteiger partial charge on any atom is -0.314 e. The van der Waals surface area contributed by atoms with Crippen molar-refractivity contribution in [3.05, 3.63) is 0 Å². The molecule has 0 aromatic carbocycles. The average Bonchev–Trinajstić information content (AvgIpc) is 2.61. The van der Waals surface area contributed by atoms with Gasteiger partial charge in [-0.05, 0) is 51.0 Å². The van der Waals surface area contributed by atoms with Gasteiger partial charge in [0, 0.05) is 24.2 Å². The first-order chi connectivity index (χ1) is 8.67. The summed E-state index contributed by atoms with van der Waals surface area (Å²) in [6.45, 7) is 10.6. The van der Waals surface area contributed by atoms with Gasteiger partial charge in [-0.1, -0.05) is 27.7 Å². The summed E-state index contributed by atoms with van der Waals surface area (Å²) in [4.78, 5) is 2.90. The van der Waals surface area contributed by atoms with Gasteiger partial charge in [-0.15, -0.1) is 0 Å². The molecule has 0 aliphatic carbocycles. The highest BCUT2D eigenvalue weighted by Crippen LogP contribution is 2.39. The molecular weight excluding hydrogens is 220 g/mol. The van der Waals surface area contributed by atoms with E-state index in [2.05, 4.69) is 37.9 Å². The molecule has 18 heavy (non-hydrogen) atoms. The van der Waals surface area contributed by atoms with Gasteiger partial charge in [0.25, 0.3) is 0 Å². The maximum Gasteiger partial charge on any atom is 0.0121 e. The molecule has 0 saturated carbocycles. The minimum atomic E-state index is 0.795. The topological polar surface area (TPSA) is 15.3 Å². The van der Waals surface area contributed by atoms with Crippen LogP contribution in [0.1, 0.15) is 66.2 Å². The number of nitrogens with one attached hydrogen (secondary N) is 1. The van der Waals surface area contributed by atoms with Crippen molar-refractivity contribution < 1.29 is 0 Å². The molecular formula is C16H32N2. The Kier molecular flexibility index (Phi) is 5.08. The summed E-state index contributed by atoms with van der Waals surface area (Å²) in [6, 6.07) is 3.34. The lowest BCUT2D eigenvalue weighted by atomic mass is 9.90. The predicted molar refractivity (Wildman–Crippen MR) is 78.9 cm³/mol. The molecule has 2 bridgehead atoms. The van der Waals surface area contributed by atoms with Crippen molar-refractivity contribution in [2.75, 3.05) is 6.54 Å². The van der Waals surface area contributed by atoms with Gasteiger partial charge in [0.2, 0.25) is 0 Å². The Bertz CT molecular complexity index is 237. The summed E-state index contributed by atoms with van der Waals surface area (Å²) < 4.78 is 0. The molecule has 0 aromatic rings. The summed E-state index contributed by atoms with van der Waals surface area (Å²) >= 11 is 0. The SMILES string of the molecule is CCCNC1CC2CCC(C1)N2C(CC)C(C)C. The van der Waals surface area contributed by atoms with Crippen LogP contribution in [0.15, 0.2) is 0 Å². The summed E-state index contributed by atoms with van der Waals surface area (Å²) in [7, 11) is 0. The van der Waals surface area contributed by atoms with Gasteiger partial charge in [0.15, 0.2) is 0 Å². The van der Waals surface area contributed by atoms with E-state index in [0.29, 0.717) is 0 Å². The molecule has 0 amide bonds. The molecule has 2 aliphatic rings. The van der Waals surface area contributed by atoms with Gasteiger partial charge in [-0.25, -0.2) is 0 Å². The fraction of sp³-hybridized carbons (Fsp3) is 1.00. The smallest absolute Gasteiger partial charge is 0.0121 e. The minimum absolute atomic E-state index is 0.795. The fourth-order valence-electron chi connectivity index (χ4n) is 4.30. The van der Waals surface area contributed by atoms with Crippen LogP contribution in [0, 0.1) is 5.92 Å². The quantitative estimate of drug-likeness (QED) is 0.779. The van der Waals surface area contributed by atoms with Crippen LogP contribution in [0.2, 0.25) is 0 Å². The Morgan fingerprint density at radius 1 is 1.11 bits per heavy atom. The second-order valence-corrected chi connectivity index (χ2v) is 6.67. The molecule has 2 heteroatoms. The number of rotatable bonds is 6. The second kappa shape index (κ2) is 6.38. The van der Waals surface area contributed by atoms with Crippen LogP contribution in [0.25, 0.3) is 0 Å². The lowest BCUT2D eigenvalue weighted by Gasteiger charge is -2.45. The molecule has 2 heterocycles. The van der Waals surface area contributed by atoms with E-state index in [-0.39, 0.29) is 0 Å². The maximum absolute atomic E-state index is 3.75. The lowest BCUT2D eigenvalue weighted by Crippen LogP contribution is -2.54. The van der Waals surface area contributed by atoms with E-state index in [0.717, 1.165) is 30.1 Å². The number of fused-ring (bicyclic) bond motifs is 2. The fourth-order valence-corrected chi connectivity index (χ4v) is 4.30. The molecule has 0 radical (unpaired) electrons. The molecule has 0 aromatic heterocycles. The Morgan fingerprint density at radius 3 is 2.17 bits per heavy atom. The second-order valence-electron chi connectivity index (χ2n) is 6.67. The molecule has 2 fully saturated rings. The molecule has 1 N–H and O–H groups in total. The third kappa shape index (κ3) is 2.91. The molecule has 106 valence electrons. The van der Waals surface area contributed by atoms with Crippen molar-refractivity contribution in [1.29, 1.82) is 0 Å². The van der Waals surface area contributed by atoms with Gasteiger partial charge in [0.1, 0.15) is 0 Å². The predicted octanol–water partition coefficient (Wildman–Crippen LogP) is 3.42. The van der Waals surface area contributed by atoms with Crippen molar-refractivity contribution in [1.82, 2.24) is 10.2 Å². The number of hydrogen-bond acceptors (Lipinski definition) is 2. The normalized spacial score (nSPS) is 34.2. The third-order valence-electron chi connectivity index (χ3n) is 5.04. The largest absolute Gasteiger partial charge is 0.314 e. The van der Waals surface area contributed by atoms with Crippen molar-refractivity contribution in [2.45, 2.75) is 90.4 Å². The number of hydrogen-bond donors (Lipinski definition) is 1. The lowest BCUT2D eigenvalue weighted by molar-refractivity contribution is 0.0459. The van der Waals surface area contributed by atoms with E-state index in [1.807, 2.05) is 0 Å². The average molecular weight is 252 g/mol. The van der Waals surface area contributed by atoms with Crippen LogP contribution in [-0.4, -0.2) is 35.6 Å². The summed E-state index contributed by atoms with van der Waals surface area (Å²) in [5.74, 6) is 0.804. The molecule has 2 nitrogen and oxygen atoms in total. The van der Waals surface area contributed by atoms with E-state index < -0.39 is 0 Å². The zero-order valence-electron chi connectivity index (χ0n) is 12.8. The van der Waals surface area contributed by atoms with Gasteiger partial charge in [-0.2, -0.15) is 0 Å². The van der Waals surface area contributed by atoms with E-state index in [1.54, 1.807) is 0 Å². The van der Waals surface area contributed by atoms with Crippen LogP contribution >= 0.6 is 0 Å². The van der Waals surface area contributed by atoms with Crippen molar-refractivity contribution in [2.24, 2.45) is 5.92 Å². The van der Waals surface area contributed by atoms with Gasteiger partial charge < -0.3 is 5.32 Å². The highest BCUT2D eigenvalue weighted by molar-refractivity contribution is 5.00. The van der Waals surface area contributed by atoms with Gasteiger partial charge in [-0.3, -0.25) is 4.90 Å². The third-order valence-corrected chi connectivity index (χ3v) is 5.04. The van der Waals surface area contributed by atoms with Crippen molar-refractivity contribution in [3.63, 3.8) is 0 Å². The first-order valence-corrected chi connectivity index (χ1v) is 8.18. The standard InChI is InChI=1S/C16H32N2/c1-5-9-17-13-10-14-7-8-15(11-13)18(14)16(6-2)12(3)4/h12-17H,5-11H2,1-4H3. The van der Waals surface area contributed by atoms with Gasteiger partial charge in [0.05, 0.1) is 0 Å². The highest BCUT2D eigenvalue weighted by Gasteiger charge is 2.43. The van der Waals surface area contributed by atoms with Crippen LogP contribution in [-0.2, 0) is 0 Å². The maximum atomic E-state index is 3.75. The van der Waals surface area contributed by atoms with E-state index in [1.165, 1.54) is 45.1 Å². The summed E-state index contributed by atoms with van der Waals surface area (Å²) in [5.41, 5.74) is 0. The van der Waals surface area contributed by atoms with Crippen LogP contribution in [0.4, 0.5) is 0 Å². The highest BCUT2D eigenvalue weighted by atomic mass is 15.3. The number of nitrogens with zero attached hydrogens (tertiary/aromatic N) is 1. The van der Waals surface area contributed by atoms with Crippen LogP contribution in [0.5, 0.6) is 0 Å². The van der Waals surface area contributed by atoms with Crippen LogP contribution in [0.3, 0.4) is 0 Å². The molecule has 3 atom stereocenters. The Labute approximate surface area is 114 Å². The monoisotopic (exact) mass is 252 g/mol. The first kappa shape index (κ1) is 14.3.